The van der Waals surface area contributed by atoms with Gasteiger partial charge in [0.05, 0.1) is 19.1 Å². The van der Waals surface area contributed by atoms with Crippen LogP contribution in [0.2, 0.25) is 0 Å². The fourth-order valence-corrected chi connectivity index (χ4v) is 4.50. The highest BCUT2D eigenvalue weighted by molar-refractivity contribution is 5.90. The highest BCUT2D eigenvalue weighted by Crippen LogP contribution is 2.27. The van der Waals surface area contributed by atoms with Crippen LogP contribution in [0, 0.1) is 5.92 Å². The van der Waals surface area contributed by atoms with Crippen LogP contribution in [0.25, 0.3) is 0 Å². The van der Waals surface area contributed by atoms with Crippen molar-refractivity contribution in [2.75, 3.05) is 44.7 Å². The summed E-state index contributed by atoms with van der Waals surface area (Å²) in [5, 5.41) is 2.94. The first-order valence-corrected chi connectivity index (χ1v) is 11.2. The maximum atomic E-state index is 12.5. The molecule has 0 saturated carbocycles. The van der Waals surface area contributed by atoms with E-state index >= 15 is 0 Å². The quantitative estimate of drug-likeness (QED) is 0.779. The largest absolute Gasteiger partial charge is 0.489 e. The lowest BCUT2D eigenvalue weighted by molar-refractivity contribution is -0.134. The maximum Gasteiger partial charge on any atom is 0.321 e. The Labute approximate surface area is 187 Å². The molecule has 0 spiro atoms. The van der Waals surface area contributed by atoms with E-state index in [-0.39, 0.29) is 24.0 Å². The number of anilines is 1. The molecule has 3 aliphatic heterocycles. The number of nitrogens with one attached hydrogen (secondary N) is 1. The van der Waals surface area contributed by atoms with Crippen LogP contribution >= 0.6 is 0 Å². The summed E-state index contributed by atoms with van der Waals surface area (Å²) in [5.74, 6) is 1.28. The molecule has 5 rings (SSSR count). The van der Waals surface area contributed by atoms with Gasteiger partial charge in [-0.05, 0) is 42.3 Å². The van der Waals surface area contributed by atoms with Gasteiger partial charge in [0.25, 0.3) is 0 Å². The Morgan fingerprint density at radius 3 is 2.62 bits per heavy atom. The summed E-state index contributed by atoms with van der Waals surface area (Å²) in [6.07, 6.45) is 5.25. The average molecular weight is 437 g/mol. The molecule has 8 nitrogen and oxygen atoms in total. The average Bonchev–Trinajstić information content (AvgIpc) is 3.47. The zero-order chi connectivity index (χ0) is 21.9. The number of amides is 3. The Balaban J connectivity index is 1.07. The van der Waals surface area contributed by atoms with Crippen molar-refractivity contribution in [3.8, 4) is 5.75 Å². The number of aromatic nitrogens is 1. The van der Waals surface area contributed by atoms with Gasteiger partial charge in [-0.2, -0.15) is 0 Å². The molecule has 32 heavy (non-hydrogen) atoms. The topological polar surface area (TPSA) is 84.0 Å². The molecule has 168 valence electrons. The molecule has 2 aromatic rings. The third-order valence-electron chi connectivity index (χ3n) is 6.47. The number of urea groups is 1. The highest BCUT2D eigenvalue weighted by atomic mass is 16.5. The van der Waals surface area contributed by atoms with Crippen molar-refractivity contribution in [2.45, 2.75) is 24.9 Å². The maximum absolute atomic E-state index is 12.5. The highest BCUT2D eigenvalue weighted by Gasteiger charge is 2.34. The van der Waals surface area contributed by atoms with E-state index < -0.39 is 0 Å². The molecule has 3 saturated heterocycles. The Morgan fingerprint density at radius 2 is 1.91 bits per heavy atom. The minimum Gasteiger partial charge on any atom is -0.489 e. The molecule has 1 aromatic heterocycles. The predicted molar refractivity (Wildman–Crippen MR) is 119 cm³/mol. The molecular formula is C24H28N4O4. The Kier molecular flexibility index (Phi) is 5.94. The van der Waals surface area contributed by atoms with Gasteiger partial charge in [-0.25, -0.2) is 4.79 Å². The number of hydrogen-bond donors (Lipinski definition) is 1. The normalized spacial score (nSPS) is 23.1. The van der Waals surface area contributed by atoms with Gasteiger partial charge in [0.15, 0.2) is 0 Å². The summed E-state index contributed by atoms with van der Waals surface area (Å²) in [7, 11) is 0. The van der Waals surface area contributed by atoms with Crippen LogP contribution in [0.1, 0.15) is 24.3 Å². The zero-order valence-electron chi connectivity index (χ0n) is 18.0. The molecule has 2 atom stereocenters. The number of benzene rings is 1. The van der Waals surface area contributed by atoms with Crippen LogP contribution in [-0.4, -0.2) is 72.2 Å². The monoisotopic (exact) mass is 436 g/mol. The van der Waals surface area contributed by atoms with E-state index in [1.807, 2.05) is 47.5 Å². The van der Waals surface area contributed by atoms with Crippen molar-refractivity contribution in [2.24, 2.45) is 5.92 Å². The van der Waals surface area contributed by atoms with Crippen molar-refractivity contribution in [1.82, 2.24) is 14.8 Å². The molecular weight excluding hydrogens is 408 g/mol. The molecule has 0 radical (unpaired) electrons. The first kappa shape index (κ1) is 20.8. The van der Waals surface area contributed by atoms with Crippen LogP contribution < -0.4 is 10.1 Å². The number of pyridine rings is 1. The van der Waals surface area contributed by atoms with E-state index in [1.54, 1.807) is 11.1 Å². The molecule has 1 aromatic carbocycles. The molecule has 3 aliphatic rings. The Bertz CT molecular complexity index is 940. The van der Waals surface area contributed by atoms with Gasteiger partial charge in [-0.1, -0.05) is 6.07 Å². The third-order valence-corrected chi connectivity index (χ3v) is 6.47. The van der Waals surface area contributed by atoms with E-state index in [9.17, 15) is 9.59 Å². The smallest absolute Gasteiger partial charge is 0.321 e. The molecule has 3 amide bonds. The standard InChI is InChI=1S/C24H28N4O4/c29-23(18-8-11-31-16-18)27-10-7-22(15-27)32-21-5-3-20(4-6-21)26-24(30)28-13-19(14-28)17-2-1-9-25-12-17/h1-6,9,12,18-19,22H,7-8,10-11,13-16H2,(H,26,30)/t18?,22-/m1/s1. The molecule has 1 unspecified atom stereocenters. The number of rotatable bonds is 5. The summed E-state index contributed by atoms with van der Waals surface area (Å²) < 4.78 is 11.4. The van der Waals surface area contributed by atoms with Crippen molar-refractivity contribution >= 4 is 17.6 Å². The van der Waals surface area contributed by atoms with Gasteiger partial charge in [0.1, 0.15) is 11.9 Å². The van der Waals surface area contributed by atoms with E-state index in [0.29, 0.717) is 38.8 Å². The van der Waals surface area contributed by atoms with Gasteiger partial charge < -0.3 is 24.6 Å². The summed E-state index contributed by atoms with van der Waals surface area (Å²) in [6, 6.07) is 11.3. The molecule has 0 bridgehead atoms. The van der Waals surface area contributed by atoms with Crippen LogP contribution in [0.5, 0.6) is 5.75 Å². The Hall–Kier alpha value is -3.13. The zero-order valence-corrected chi connectivity index (χ0v) is 18.0. The van der Waals surface area contributed by atoms with E-state index in [1.165, 1.54) is 5.56 Å². The van der Waals surface area contributed by atoms with Crippen LogP contribution in [0.15, 0.2) is 48.8 Å². The fourth-order valence-electron chi connectivity index (χ4n) is 4.50. The lowest BCUT2D eigenvalue weighted by Gasteiger charge is -2.39. The molecule has 0 aliphatic carbocycles. The summed E-state index contributed by atoms with van der Waals surface area (Å²) >= 11 is 0. The minimum absolute atomic E-state index is 0.00249. The number of hydrogen-bond acceptors (Lipinski definition) is 5. The lowest BCUT2D eigenvalue weighted by Crippen LogP contribution is -2.50. The predicted octanol–water partition coefficient (Wildman–Crippen LogP) is 2.73. The van der Waals surface area contributed by atoms with Crippen molar-refractivity contribution in [3.63, 3.8) is 0 Å². The SMILES string of the molecule is O=C(Nc1ccc(O[C@@H]2CCN(C(=O)C3CCOC3)C2)cc1)N1CC(c2cccnc2)C1. The number of likely N-dealkylation sites (tertiary alicyclic amines) is 2. The van der Waals surface area contributed by atoms with E-state index in [0.717, 1.165) is 30.8 Å². The van der Waals surface area contributed by atoms with Gasteiger partial charge in [0, 0.05) is 56.7 Å². The van der Waals surface area contributed by atoms with Gasteiger partial charge in [-0.3, -0.25) is 9.78 Å². The van der Waals surface area contributed by atoms with E-state index in [4.69, 9.17) is 9.47 Å². The second-order valence-electron chi connectivity index (χ2n) is 8.72. The number of carbonyl (C=O) groups excluding carboxylic acids is 2. The van der Waals surface area contributed by atoms with Crippen LogP contribution in [0.3, 0.4) is 0 Å². The first-order valence-electron chi connectivity index (χ1n) is 11.2. The van der Waals surface area contributed by atoms with Gasteiger partial charge in [0.2, 0.25) is 5.91 Å². The summed E-state index contributed by atoms with van der Waals surface area (Å²) in [5.41, 5.74) is 1.90. The first-order chi connectivity index (χ1) is 15.7. The van der Waals surface area contributed by atoms with Gasteiger partial charge in [-0.15, -0.1) is 0 Å². The molecule has 3 fully saturated rings. The second-order valence-corrected chi connectivity index (χ2v) is 8.72. The van der Waals surface area contributed by atoms with Crippen molar-refractivity contribution in [3.05, 3.63) is 54.4 Å². The minimum atomic E-state index is -0.0975. The lowest BCUT2D eigenvalue weighted by atomic mass is 9.93. The molecule has 4 heterocycles. The molecule has 8 heteroatoms. The summed E-state index contributed by atoms with van der Waals surface area (Å²) in [6.45, 7) is 3.95. The summed E-state index contributed by atoms with van der Waals surface area (Å²) in [4.78, 5) is 32.8. The van der Waals surface area contributed by atoms with E-state index in [2.05, 4.69) is 10.3 Å². The second kappa shape index (κ2) is 9.16. The van der Waals surface area contributed by atoms with Gasteiger partial charge >= 0.3 is 6.03 Å². The molecule has 1 N–H and O–H groups in total. The van der Waals surface area contributed by atoms with Crippen molar-refractivity contribution in [1.29, 1.82) is 0 Å². The number of nitrogens with zero attached hydrogens (tertiary/aromatic N) is 3. The van der Waals surface area contributed by atoms with Crippen LogP contribution in [-0.2, 0) is 9.53 Å². The number of ether oxygens (including phenoxy) is 2. The fraction of sp³-hybridized carbons (Fsp3) is 0.458. The number of carbonyl (C=O) groups is 2. The Morgan fingerprint density at radius 1 is 1.06 bits per heavy atom. The third kappa shape index (κ3) is 4.55. The van der Waals surface area contributed by atoms with Crippen molar-refractivity contribution < 1.29 is 19.1 Å². The van der Waals surface area contributed by atoms with Crippen LogP contribution in [0.4, 0.5) is 10.5 Å².